The Morgan fingerprint density at radius 1 is 1.48 bits per heavy atom. The van der Waals surface area contributed by atoms with Crippen LogP contribution < -0.4 is 0 Å². The molecule has 1 aliphatic rings. The SMILES string of the molecule is Cc1cc(-c2nnc(SCC(=O)O)n2C2CC2)ccc1F. The molecule has 1 aromatic carbocycles. The van der Waals surface area contributed by atoms with Crippen molar-refractivity contribution in [3.8, 4) is 11.4 Å². The second-order valence-electron chi connectivity index (χ2n) is 5.05. The summed E-state index contributed by atoms with van der Waals surface area (Å²) in [5, 5.41) is 17.7. The van der Waals surface area contributed by atoms with Crippen LogP contribution in [-0.2, 0) is 4.79 Å². The Morgan fingerprint density at radius 2 is 2.24 bits per heavy atom. The van der Waals surface area contributed by atoms with Crippen molar-refractivity contribution in [2.45, 2.75) is 31.0 Å². The summed E-state index contributed by atoms with van der Waals surface area (Å²) in [6, 6.07) is 5.15. The van der Waals surface area contributed by atoms with Crippen LogP contribution in [0.1, 0.15) is 24.4 Å². The van der Waals surface area contributed by atoms with Crippen LogP contribution in [0.25, 0.3) is 11.4 Å². The van der Waals surface area contributed by atoms with Crippen LogP contribution in [-0.4, -0.2) is 31.6 Å². The van der Waals surface area contributed by atoms with Gasteiger partial charge in [-0.25, -0.2) is 4.39 Å². The maximum absolute atomic E-state index is 13.4. The van der Waals surface area contributed by atoms with E-state index in [1.165, 1.54) is 6.07 Å². The molecule has 110 valence electrons. The Bertz CT molecular complexity index is 698. The largest absolute Gasteiger partial charge is 0.481 e. The molecule has 2 aromatic rings. The fourth-order valence-corrected chi connectivity index (χ4v) is 2.87. The number of aromatic nitrogens is 3. The van der Waals surface area contributed by atoms with Crippen molar-refractivity contribution >= 4 is 17.7 Å². The van der Waals surface area contributed by atoms with Gasteiger partial charge in [-0.2, -0.15) is 0 Å². The number of hydrogen-bond donors (Lipinski definition) is 1. The number of rotatable bonds is 5. The zero-order valence-electron chi connectivity index (χ0n) is 11.4. The van der Waals surface area contributed by atoms with E-state index >= 15 is 0 Å². The molecule has 1 aliphatic carbocycles. The van der Waals surface area contributed by atoms with Crippen molar-refractivity contribution in [3.63, 3.8) is 0 Å². The predicted octanol–water partition coefficient (Wildman–Crippen LogP) is 2.90. The highest BCUT2D eigenvalue weighted by molar-refractivity contribution is 7.99. The second kappa shape index (κ2) is 5.48. The molecule has 0 unspecified atom stereocenters. The van der Waals surface area contributed by atoms with E-state index in [4.69, 9.17) is 5.11 Å². The molecule has 5 nitrogen and oxygen atoms in total. The van der Waals surface area contributed by atoms with Gasteiger partial charge in [0, 0.05) is 11.6 Å². The molecule has 1 saturated carbocycles. The molecule has 0 saturated heterocycles. The van der Waals surface area contributed by atoms with Crippen molar-refractivity contribution < 1.29 is 14.3 Å². The molecule has 1 fully saturated rings. The lowest BCUT2D eigenvalue weighted by Crippen LogP contribution is -2.03. The van der Waals surface area contributed by atoms with Crippen molar-refractivity contribution in [1.29, 1.82) is 0 Å². The summed E-state index contributed by atoms with van der Waals surface area (Å²) in [7, 11) is 0. The average Bonchev–Trinajstić information content (AvgIpc) is 3.19. The molecule has 0 amide bonds. The highest BCUT2D eigenvalue weighted by Crippen LogP contribution is 2.41. The number of benzene rings is 1. The van der Waals surface area contributed by atoms with Crippen LogP contribution in [0, 0.1) is 12.7 Å². The first-order valence-electron chi connectivity index (χ1n) is 6.62. The molecule has 0 radical (unpaired) electrons. The van der Waals surface area contributed by atoms with Gasteiger partial charge in [-0.3, -0.25) is 9.36 Å². The van der Waals surface area contributed by atoms with Gasteiger partial charge >= 0.3 is 5.97 Å². The number of carboxylic acids is 1. The summed E-state index contributed by atoms with van der Waals surface area (Å²) in [4.78, 5) is 10.7. The third-order valence-corrected chi connectivity index (χ3v) is 4.25. The number of aliphatic carboxylic acids is 1. The lowest BCUT2D eigenvalue weighted by molar-refractivity contribution is -0.133. The highest BCUT2D eigenvalue weighted by atomic mass is 32.2. The molecular formula is C14H14FN3O2S. The maximum atomic E-state index is 13.4. The fraction of sp³-hybridized carbons (Fsp3) is 0.357. The van der Waals surface area contributed by atoms with E-state index in [2.05, 4.69) is 10.2 Å². The van der Waals surface area contributed by atoms with E-state index in [0.717, 1.165) is 30.2 Å². The van der Waals surface area contributed by atoms with Gasteiger partial charge in [-0.15, -0.1) is 10.2 Å². The summed E-state index contributed by atoms with van der Waals surface area (Å²) in [5.41, 5.74) is 1.35. The predicted molar refractivity (Wildman–Crippen MR) is 76.8 cm³/mol. The Morgan fingerprint density at radius 3 is 2.86 bits per heavy atom. The normalized spacial score (nSPS) is 14.4. The Labute approximate surface area is 125 Å². The minimum absolute atomic E-state index is 0.0483. The lowest BCUT2D eigenvalue weighted by atomic mass is 10.1. The zero-order valence-corrected chi connectivity index (χ0v) is 12.2. The fourth-order valence-electron chi connectivity index (χ4n) is 2.14. The summed E-state index contributed by atoms with van der Waals surface area (Å²) >= 11 is 1.16. The van der Waals surface area contributed by atoms with Gasteiger partial charge in [-0.1, -0.05) is 11.8 Å². The first-order valence-corrected chi connectivity index (χ1v) is 7.61. The van der Waals surface area contributed by atoms with Crippen LogP contribution in [0.4, 0.5) is 4.39 Å². The first kappa shape index (κ1) is 14.1. The minimum Gasteiger partial charge on any atom is -0.481 e. The van der Waals surface area contributed by atoms with Crippen LogP contribution >= 0.6 is 11.8 Å². The van der Waals surface area contributed by atoms with Crippen LogP contribution in [0.15, 0.2) is 23.4 Å². The van der Waals surface area contributed by atoms with Crippen LogP contribution in [0.2, 0.25) is 0 Å². The van der Waals surface area contributed by atoms with Gasteiger partial charge in [0.15, 0.2) is 11.0 Å². The smallest absolute Gasteiger partial charge is 0.313 e. The summed E-state index contributed by atoms with van der Waals surface area (Å²) < 4.78 is 15.4. The van der Waals surface area contributed by atoms with Gasteiger partial charge in [-0.05, 0) is 43.5 Å². The number of halogens is 1. The van der Waals surface area contributed by atoms with E-state index in [0.29, 0.717) is 22.6 Å². The van der Waals surface area contributed by atoms with E-state index in [9.17, 15) is 9.18 Å². The van der Waals surface area contributed by atoms with Crippen LogP contribution in [0.3, 0.4) is 0 Å². The first-order chi connectivity index (χ1) is 10.1. The molecule has 0 aliphatic heterocycles. The molecule has 7 heteroatoms. The van der Waals surface area contributed by atoms with Crippen LogP contribution in [0.5, 0.6) is 0 Å². The summed E-state index contributed by atoms with van der Waals surface area (Å²) in [5.74, 6) is -0.512. The zero-order chi connectivity index (χ0) is 15.0. The van der Waals surface area contributed by atoms with Gasteiger partial charge in [0.1, 0.15) is 5.82 Å². The third-order valence-electron chi connectivity index (χ3n) is 3.32. The lowest BCUT2D eigenvalue weighted by Gasteiger charge is -2.09. The van der Waals surface area contributed by atoms with E-state index in [-0.39, 0.29) is 11.6 Å². The van der Waals surface area contributed by atoms with E-state index in [1.54, 1.807) is 19.1 Å². The maximum Gasteiger partial charge on any atom is 0.313 e. The Hall–Kier alpha value is -1.89. The minimum atomic E-state index is -0.885. The van der Waals surface area contributed by atoms with E-state index < -0.39 is 5.97 Å². The number of carboxylic acid groups (broad SMARTS) is 1. The summed E-state index contributed by atoms with van der Waals surface area (Å²) in [6.45, 7) is 1.71. The number of carbonyl (C=O) groups is 1. The van der Waals surface area contributed by atoms with Gasteiger partial charge in [0.2, 0.25) is 0 Å². The number of aryl methyl sites for hydroxylation is 1. The molecule has 0 bridgehead atoms. The van der Waals surface area contributed by atoms with Crippen molar-refractivity contribution in [1.82, 2.24) is 14.8 Å². The van der Waals surface area contributed by atoms with Crippen molar-refractivity contribution in [2.75, 3.05) is 5.75 Å². The third kappa shape index (κ3) is 2.92. The summed E-state index contributed by atoms with van der Waals surface area (Å²) in [6.07, 6.45) is 2.07. The molecule has 0 atom stereocenters. The molecular weight excluding hydrogens is 293 g/mol. The molecule has 1 aromatic heterocycles. The quantitative estimate of drug-likeness (QED) is 0.860. The monoisotopic (exact) mass is 307 g/mol. The standard InChI is InChI=1S/C14H14FN3O2S/c1-8-6-9(2-5-11(8)15)13-16-17-14(21-7-12(19)20)18(13)10-3-4-10/h2,5-6,10H,3-4,7H2,1H3,(H,19,20). The number of nitrogens with zero attached hydrogens (tertiary/aromatic N) is 3. The number of hydrogen-bond acceptors (Lipinski definition) is 4. The van der Waals surface area contributed by atoms with Crippen molar-refractivity contribution in [3.05, 3.63) is 29.6 Å². The van der Waals surface area contributed by atoms with Gasteiger partial charge in [0.25, 0.3) is 0 Å². The highest BCUT2D eigenvalue weighted by Gasteiger charge is 2.30. The van der Waals surface area contributed by atoms with Crippen molar-refractivity contribution in [2.24, 2.45) is 0 Å². The average molecular weight is 307 g/mol. The Balaban J connectivity index is 1.98. The molecule has 3 rings (SSSR count). The molecule has 1 N–H and O–H groups in total. The molecule has 21 heavy (non-hydrogen) atoms. The molecule has 0 spiro atoms. The van der Waals surface area contributed by atoms with E-state index in [1.807, 2.05) is 4.57 Å². The topological polar surface area (TPSA) is 68.0 Å². The van der Waals surface area contributed by atoms with Gasteiger partial charge in [0.05, 0.1) is 5.75 Å². The molecule has 1 heterocycles. The number of thioether (sulfide) groups is 1. The Kier molecular flexibility index (Phi) is 3.67. The second-order valence-corrected chi connectivity index (χ2v) is 6.00. The van der Waals surface area contributed by atoms with Gasteiger partial charge < -0.3 is 5.11 Å².